The SMILES string of the molecule is FC(F)(F)Oc1ccc(OCCCCOc2cccc3c(OCC=C(Cl)Cl)cccc23)cc1. The minimum atomic E-state index is -4.71. The van der Waals surface area contributed by atoms with Crippen molar-refractivity contribution >= 4 is 34.0 Å². The molecule has 9 heteroatoms. The number of halogens is 5. The van der Waals surface area contributed by atoms with Crippen LogP contribution in [0.1, 0.15) is 12.8 Å². The lowest BCUT2D eigenvalue weighted by Gasteiger charge is -2.12. The van der Waals surface area contributed by atoms with Crippen molar-refractivity contribution in [3.8, 4) is 23.0 Å². The lowest BCUT2D eigenvalue weighted by Crippen LogP contribution is -2.16. The second-order valence-corrected chi connectivity index (χ2v) is 7.84. The predicted molar refractivity (Wildman–Crippen MR) is 123 cm³/mol. The highest BCUT2D eigenvalue weighted by Crippen LogP contribution is 2.32. The summed E-state index contributed by atoms with van der Waals surface area (Å²) in [6.45, 7) is 1.15. The van der Waals surface area contributed by atoms with Crippen LogP contribution in [-0.2, 0) is 0 Å². The second-order valence-electron chi connectivity index (χ2n) is 6.84. The molecular weight excluding hydrogens is 480 g/mol. The molecule has 0 radical (unpaired) electrons. The zero-order valence-electron chi connectivity index (χ0n) is 17.4. The van der Waals surface area contributed by atoms with Crippen molar-refractivity contribution in [2.24, 2.45) is 0 Å². The molecule has 0 saturated carbocycles. The van der Waals surface area contributed by atoms with Crippen molar-refractivity contribution in [3.63, 3.8) is 0 Å². The Morgan fingerprint density at radius 1 is 0.727 bits per heavy atom. The molecule has 0 saturated heterocycles. The Kier molecular flexibility index (Phi) is 8.97. The Labute approximate surface area is 199 Å². The lowest BCUT2D eigenvalue weighted by molar-refractivity contribution is -0.274. The average molecular weight is 501 g/mol. The van der Waals surface area contributed by atoms with Gasteiger partial charge in [0.25, 0.3) is 0 Å². The molecule has 0 fully saturated rings. The summed E-state index contributed by atoms with van der Waals surface area (Å²) in [5.41, 5.74) is 0. The molecule has 0 N–H and O–H groups in total. The van der Waals surface area contributed by atoms with Crippen LogP contribution in [0.3, 0.4) is 0 Å². The molecule has 0 aliphatic heterocycles. The van der Waals surface area contributed by atoms with Crippen molar-refractivity contribution in [3.05, 3.63) is 71.2 Å². The third-order valence-corrected chi connectivity index (χ3v) is 4.75. The van der Waals surface area contributed by atoms with E-state index in [0.29, 0.717) is 31.1 Å². The van der Waals surface area contributed by atoms with Crippen molar-refractivity contribution < 1.29 is 32.1 Å². The van der Waals surface area contributed by atoms with Crippen LogP contribution in [0.25, 0.3) is 10.8 Å². The number of hydrogen-bond donors (Lipinski definition) is 0. The fourth-order valence-corrected chi connectivity index (χ4v) is 3.14. The Bertz CT molecular complexity index is 1070. The Balaban J connectivity index is 1.45. The van der Waals surface area contributed by atoms with Gasteiger partial charge in [0.15, 0.2) is 0 Å². The highest BCUT2D eigenvalue weighted by Gasteiger charge is 2.30. The van der Waals surface area contributed by atoms with Gasteiger partial charge in [0, 0.05) is 10.8 Å². The quantitative estimate of drug-likeness (QED) is 0.253. The lowest BCUT2D eigenvalue weighted by atomic mass is 10.1. The summed E-state index contributed by atoms with van der Waals surface area (Å²) in [4.78, 5) is 0. The van der Waals surface area contributed by atoms with Gasteiger partial charge < -0.3 is 18.9 Å². The summed E-state index contributed by atoms with van der Waals surface area (Å²) in [5, 5.41) is 1.84. The van der Waals surface area contributed by atoms with Gasteiger partial charge in [0.1, 0.15) is 34.1 Å². The standard InChI is InChI=1S/C24H21Cl2F3O4/c25-23(26)13-16-32-22-8-4-5-19-20(22)6-3-7-21(19)31-15-2-1-14-30-17-9-11-18(12-10-17)33-24(27,28)29/h3-13H,1-2,14-16H2. The van der Waals surface area contributed by atoms with E-state index in [0.717, 1.165) is 22.9 Å². The van der Waals surface area contributed by atoms with E-state index in [1.54, 1.807) is 6.08 Å². The molecule has 0 aliphatic rings. The first kappa shape index (κ1) is 24.9. The van der Waals surface area contributed by atoms with Crippen LogP contribution in [0.5, 0.6) is 23.0 Å². The first-order valence-electron chi connectivity index (χ1n) is 10.1. The number of ether oxygens (including phenoxy) is 4. The molecule has 0 aromatic heterocycles. The predicted octanol–water partition coefficient (Wildman–Crippen LogP) is 7.67. The largest absolute Gasteiger partial charge is 0.573 e. The maximum atomic E-state index is 12.2. The van der Waals surface area contributed by atoms with Crippen LogP contribution < -0.4 is 18.9 Å². The summed E-state index contributed by atoms with van der Waals surface area (Å²) < 4.78 is 57.8. The first-order chi connectivity index (χ1) is 15.8. The Hall–Kier alpha value is -2.77. The molecular formula is C24H21Cl2F3O4. The van der Waals surface area contributed by atoms with E-state index in [-0.39, 0.29) is 16.8 Å². The molecule has 3 aromatic carbocycles. The normalized spacial score (nSPS) is 11.2. The van der Waals surface area contributed by atoms with Crippen LogP contribution in [-0.4, -0.2) is 26.2 Å². The number of hydrogen-bond acceptors (Lipinski definition) is 4. The van der Waals surface area contributed by atoms with Gasteiger partial charge in [-0.15, -0.1) is 13.2 Å². The summed E-state index contributed by atoms with van der Waals surface area (Å²) in [6, 6.07) is 16.7. The maximum Gasteiger partial charge on any atom is 0.573 e. The minimum Gasteiger partial charge on any atom is -0.494 e. The summed E-state index contributed by atoms with van der Waals surface area (Å²) in [5.74, 6) is 1.62. The zero-order valence-corrected chi connectivity index (χ0v) is 18.9. The molecule has 176 valence electrons. The smallest absolute Gasteiger partial charge is 0.494 e. The first-order valence-corrected chi connectivity index (χ1v) is 10.8. The van der Waals surface area contributed by atoms with Crippen LogP contribution in [0.2, 0.25) is 0 Å². The van der Waals surface area contributed by atoms with Gasteiger partial charge >= 0.3 is 6.36 Å². The molecule has 4 nitrogen and oxygen atoms in total. The van der Waals surface area contributed by atoms with Gasteiger partial charge in [-0.05, 0) is 55.3 Å². The number of benzene rings is 3. The monoisotopic (exact) mass is 500 g/mol. The van der Waals surface area contributed by atoms with Crippen LogP contribution in [0.15, 0.2) is 71.2 Å². The third kappa shape index (κ3) is 8.26. The van der Waals surface area contributed by atoms with Crippen molar-refractivity contribution in [1.82, 2.24) is 0 Å². The number of unbranched alkanes of at least 4 members (excludes halogenated alkanes) is 1. The van der Waals surface area contributed by atoms with Crippen molar-refractivity contribution in [2.45, 2.75) is 19.2 Å². The fraction of sp³-hybridized carbons (Fsp3) is 0.250. The molecule has 0 spiro atoms. The van der Waals surface area contributed by atoms with Crippen molar-refractivity contribution in [1.29, 1.82) is 0 Å². The maximum absolute atomic E-state index is 12.2. The van der Waals surface area contributed by atoms with Gasteiger partial charge in [-0.25, -0.2) is 0 Å². The highest BCUT2D eigenvalue weighted by molar-refractivity contribution is 6.55. The molecule has 0 atom stereocenters. The fourth-order valence-electron chi connectivity index (χ4n) is 3.01. The molecule has 0 bridgehead atoms. The van der Waals surface area contributed by atoms with E-state index < -0.39 is 6.36 Å². The van der Waals surface area contributed by atoms with Crippen LogP contribution >= 0.6 is 23.2 Å². The Morgan fingerprint density at radius 2 is 1.27 bits per heavy atom. The molecule has 3 rings (SSSR count). The molecule has 0 heterocycles. The Morgan fingerprint density at radius 3 is 1.85 bits per heavy atom. The molecule has 0 amide bonds. The second kappa shape index (κ2) is 11.9. The molecule has 3 aromatic rings. The third-order valence-electron chi connectivity index (χ3n) is 4.44. The molecule has 0 unspecified atom stereocenters. The summed E-state index contributed by atoms with van der Waals surface area (Å²) in [7, 11) is 0. The van der Waals surface area contributed by atoms with E-state index in [9.17, 15) is 13.2 Å². The van der Waals surface area contributed by atoms with E-state index in [1.807, 2.05) is 36.4 Å². The number of alkyl halides is 3. The highest BCUT2D eigenvalue weighted by atomic mass is 35.5. The summed E-state index contributed by atoms with van der Waals surface area (Å²) in [6.07, 6.45) is -1.70. The van der Waals surface area contributed by atoms with Crippen LogP contribution in [0.4, 0.5) is 13.2 Å². The number of rotatable bonds is 11. The summed E-state index contributed by atoms with van der Waals surface area (Å²) >= 11 is 11.2. The van der Waals surface area contributed by atoms with E-state index in [4.69, 9.17) is 37.4 Å². The zero-order chi connectivity index (χ0) is 23.7. The van der Waals surface area contributed by atoms with E-state index >= 15 is 0 Å². The molecule has 0 aliphatic carbocycles. The van der Waals surface area contributed by atoms with E-state index in [1.165, 1.54) is 24.3 Å². The number of fused-ring (bicyclic) bond motifs is 1. The van der Waals surface area contributed by atoms with Gasteiger partial charge in [-0.3, -0.25) is 0 Å². The topological polar surface area (TPSA) is 36.9 Å². The van der Waals surface area contributed by atoms with Gasteiger partial charge in [0.2, 0.25) is 0 Å². The van der Waals surface area contributed by atoms with Gasteiger partial charge in [-0.1, -0.05) is 47.5 Å². The minimum absolute atomic E-state index is 0.149. The van der Waals surface area contributed by atoms with Gasteiger partial charge in [-0.2, -0.15) is 0 Å². The van der Waals surface area contributed by atoms with Crippen LogP contribution in [0, 0.1) is 0 Å². The average Bonchev–Trinajstić information content (AvgIpc) is 2.76. The molecule has 33 heavy (non-hydrogen) atoms. The van der Waals surface area contributed by atoms with Crippen molar-refractivity contribution in [2.75, 3.05) is 19.8 Å². The van der Waals surface area contributed by atoms with E-state index in [2.05, 4.69) is 4.74 Å². The van der Waals surface area contributed by atoms with Gasteiger partial charge in [0.05, 0.1) is 13.2 Å².